The largest absolute Gasteiger partial charge is 0.444 e. The standard InChI is InChI=1S/C22H23N5O4/c1-22(2,3)31-21(30)27-11-14-9-8-13(10-15(14)12-27)18(28)25-26-20-23-17-7-5-4-6-16(17)19(29)24-20/h4-10H,11-12H2,1-3H3,(H,25,28)(H2,23,24,26,29). The molecule has 1 aliphatic heterocycles. The van der Waals surface area contributed by atoms with Gasteiger partial charge in [0.25, 0.3) is 11.5 Å². The van der Waals surface area contributed by atoms with Crippen LogP contribution in [0.4, 0.5) is 10.7 Å². The summed E-state index contributed by atoms with van der Waals surface area (Å²) in [6.45, 7) is 6.27. The number of para-hydroxylation sites is 1. The number of ether oxygens (including phenoxy) is 1. The van der Waals surface area contributed by atoms with Gasteiger partial charge in [-0.25, -0.2) is 9.78 Å². The van der Waals surface area contributed by atoms with E-state index in [0.717, 1.165) is 11.1 Å². The van der Waals surface area contributed by atoms with Gasteiger partial charge < -0.3 is 4.74 Å². The summed E-state index contributed by atoms with van der Waals surface area (Å²) in [6.07, 6.45) is -0.386. The maximum atomic E-state index is 12.6. The zero-order valence-electron chi connectivity index (χ0n) is 17.5. The van der Waals surface area contributed by atoms with Gasteiger partial charge in [-0.05, 0) is 56.2 Å². The summed E-state index contributed by atoms with van der Waals surface area (Å²) in [5.41, 5.74) is 7.10. The first-order valence-electron chi connectivity index (χ1n) is 9.85. The molecule has 0 aliphatic carbocycles. The zero-order valence-corrected chi connectivity index (χ0v) is 17.5. The molecule has 0 unspecified atom stereocenters. The Hall–Kier alpha value is -3.88. The number of fused-ring (bicyclic) bond motifs is 2. The summed E-state index contributed by atoms with van der Waals surface area (Å²) >= 11 is 0. The molecule has 1 aliphatic rings. The van der Waals surface area contributed by atoms with Gasteiger partial charge in [0.2, 0.25) is 5.95 Å². The van der Waals surface area contributed by atoms with Gasteiger partial charge in [-0.1, -0.05) is 18.2 Å². The van der Waals surface area contributed by atoms with Gasteiger partial charge in [0, 0.05) is 18.7 Å². The molecule has 0 fully saturated rings. The smallest absolute Gasteiger partial charge is 0.410 e. The normalized spacial score (nSPS) is 13.1. The van der Waals surface area contributed by atoms with Crippen LogP contribution in [0.25, 0.3) is 10.9 Å². The highest BCUT2D eigenvalue weighted by atomic mass is 16.6. The molecule has 3 aromatic rings. The van der Waals surface area contributed by atoms with E-state index in [-0.39, 0.29) is 17.6 Å². The van der Waals surface area contributed by atoms with Crippen molar-refractivity contribution in [3.8, 4) is 0 Å². The SMILES string of the molecule is CC(C)(C)OC(=O)N1Cc2ccc(C(=O)NNc3nc4ccccc4c(=O)[nH]3)cc2C1. The van der Waals surface area contributed by atoms with Crippen LogP contribution in [0.1, 0.15) is 42.3 Å². The summed E-state index contributed by atoms with van der Waals surface area (Å²) < 4.78 is 5.42. The average molecular weight is 421 g/mol. The molecule has 0 saturated carbocycles. The fraction of sp³-hybridized carbons (Fsp3) is 0.273. The summed E-state index contributed by atoms with van der Waals surface area (Å²) in [5.74, 6) is -0.261. The van der Waals surface area contributed by atoms with Gasteiger partial charge in [-0.2, -0.15) is 0 Å². The van der Waals surface area contributed by atoms with Crippen molar-refractivity contribution in [3.63, 3.8) is 0 Å². The van der Waals surface area contributed by atoms with Crippen LogP contribution in [0.5, 0.6) is 0 Å². The van der Waals surface area contributed by atoms with Crippen molar-refractivity contribution in [3.05, 3.63) is 69.5 Å². The molecule has 0 saturated heterocycles. The molecule has 1 aromatic heterocycles. The fourth-order valence-electron chi connectivity index (χ4n) is 3.33. The van der Waals surface area contributed by atoms with Gasteiger partial charge in [0.15, 0.2) is 0 Å². The lowest BCUT2D eigenvalue weighted by Crippen LogP contribution is -2.33. The van der Waals surface area contributed by atoms with Crippen LogP contribution in [0, 0.1) is 0 Å². The highest BCUT2D eigenvalue weighted by molar-refractivity contribution is 5.95. The van der Waals surface area contributed by atoms with E-state index in [4.69, 9.17) is 4.74 Å². The Labute approximate surface area is 178 Å². The number of carbonyl (C=O) groups excluding carboxylic acids is 2. The highest BCUT2D eigenvalue weighted by Gasteiger charge is 2.28. The number of rotatable bonds is 3. The molecule has 160 valence electrons. The lowest BCUT2D eigenvalue weighted by atomic mass is 10.1. The number of hydrogen-bond acceptors (Lipinski definition) is 6. The van der Waals surface area contributed by atoms with E-state index >= 15 is 0 Å². The molecular formula is C22H23N5O4. The Kier molecular flexibility index (Phi) is 5.10. The molecule has 9 heteroatoms. The topological polar surface area (TPSA) is 116 Å². The third-order valence-electron chi connectivity index (χ3n) is 4.75. The number of hydrazine groups is 1. The van der Waals surface area contributed by atoms with Crippen LogP contribution in [-0.4, -0.2) is 32.5 Å². The number of hydrogen-bond donors (Lipinski definition) is 3. The number of benzene rings is 2. The molecule has 0 bridgehead atoms. The Morgan fingerprint density at radius 3 is 2.61 bits per heavy atom. The molecule has 0 radical (unpaired) electrons. The molecule has 31 heavy (non-hydrogen) atoms. The lowest BCUT2D eigenvalue weighted by Gasteiger charge is -2.24. The minimum absolute atomic E-state index is 0.134. The maximum Gasteiger partial charge on any atom is 0.410 e. The molecule has 9 nitrogen and oxygen atoms in total. The number of nitrogens with one attached hydrogen (secondary N) is 3. The van der Waals surface area contributed by atoms with Gasteiger partial charge in [0.1, 0.15) is 5.60 Å². The van der Waals surface area contributed by atoms with Gasteiger partial charge in [-0.15, -0.1) is 0 Å². The number of aromatic amines is 1. The predicted octanol–water partition coefficient (Wildman–Crippen LogP) is 2.93. The van der Waals surface area contributed by atoms with Crippen molar-refractivity contribution in [2.45, 2.75) is 39.5 Å². The second-order valence-corrected chi connectivity index (χ2v) is 8.33. The molecule has 0 spiro atoms. The third-order valence-corrected chi connectivity index (χ3v) is 4.75. The second-order valence-electron chi connectivity index (χ2n) is 8.33. The number of nitrogens with zero attached hydrogens (tertiary/aromatic N) is 2. The number of amides is 2. The van der Waals surface area contributed by atoms with Gasteiger partial charge >= 0.3 is 6.09 Å². The van der Waals surface area contributed by atoms with Crippen LogP contribution < -0.4 is 16.4 Å². The number of H-pyrrole nitrogens is 1. The minimum Gasteiger partial charge on any atom is -0.444 e. The maximum absolute atomic E-state index is 12.6. The van der Waals surface area contributed by atoms with Crippen molar-refractivity contribution in [1.29, 1.82) is 0 Å². The molecule has 2 aromatic carbocycles. The van der Waals surface area contributed by atoms with Crippen LogP contribution in [0.15, 0.2) is 47.3 Å². The van der Waals surface area contributed by atoms with Crippen LogP contribution in [0.3, 0.4) is 0 Å². The van der Waals surface area contributed by atoms with E-state index in [1.54, 1.807) is 41.3 Å². The molecule has 2 amide bonds. The lowest BCUT2D eigenvalue weighted by molar-refractivity contribution is 0.0242. The number of aromatic nitrogens is 2. The second kappa shape index (κ2) is 7.75. The van der Waals surface area contributed by atoms with E-state index in [9.17, 15) is 14.4 Å². The minimum atomic E-state index is -0.569. The molecule has 3 N–H and O–H groups in total. The zero-order chi connectivity index (χ0) is 22.2. The monoisotopic (exact) mass is 421 g/mol. The summed E-state index contributed by atoms with van der Waals surface area (Å²) in [4.78, 5) is 45.5. The summed E-state index contributed by atoms with van der Waals surface area (Å²) in [7, 11) is 0. The van der Waals surface area contributed by atoms with E-state index in [0.29, 0.717) is 29.6 Å². The van der Waals surface area contributed by atoms with Crippen molar-refractivity contribution in [2.75, 3.05) is 5.43 Å². The Morgan fingerprint density at radius 2 is 1.84 bits per heavy atom. The Morgan fingerprint density at radius 1 is 1.10 bits per heavy atom. The average Bonchev–Trinajstić information content (AvgIpc) is 3.14. The quantitative estimate of drug-likeness (QED) is 0.560. The number of carbonyl (C=O) groups is 2. The van der Waals surface area contributed by atoms with Crippen molar-refractivity contribution in [1.82, 2.24) is 20.3 Å². The summed E-state index contributed by atoms with van der Waals surface area (Å²) in [6, 6.07) is 12.2. The third kappa shape index (κ3) is 4.50. The van der Waals surface area contributed by atoms with Crippen molar-refractivity contribution in [2.24, 2.45) is 0 Å². The predicted molar refractivity (Wildman–Crippen MR) is 115 cm³/mol. The molecule has 2 heterocycles. The van der Waals surface area contributed by atoms with E-state index in [2.05, 4.69) is 20.8 Å². The molecule has 0 atom stereocenters. The molecular weight excluding hydrogens is 398 g/mol. The summed E-state index contributed by atoms with van der Waals surface area (Å²) in [5, 5.41) is 0.465. The Balaban J connectivity index is 1.43. The van der Waals surface area contributed by atoms with E-state index < -0.39 is 11.5 Å². The Bertz CT molecular complexity index is 1230. The fourth-order valence-corrected chi connectivity index (χ4v) is 3.33. The molecule has 4 rings (SSSR count). The van der Waals surface area contributed by atoms with Gasteiger partial charge in [0.05, 0.1) is 10.9 Å². The van der Waals surface area contributed by atoms with Crippen LogP contribution in [0.2, 0.25) is 0 Å². The first-order chi connectivity index (χ1) is 14.7. The van der Waals surface area contributed by atoms with E-state index in [1.165, 1.54) is 0 Å². The first-order valence-corrected chi connectivity index (χ1v) is 9.85. The number of anilines is 1. The highest BCUT2D eigenvalue weighted by Crippen LogP contribution is 2.25. The van der Waals surface area contributed by atoms with E-state index in [1.807, 2.05) is 26.8 Å². The van der Waals surface area contributed by atoms with Crippen LogP contribution >= 0.6 is 0 Å². The van der Waals surface area contributed by atoms with Crippen molar-refractivity contribution >= 4 is 28.9 Å². The first kappa shape index (κ1) is 20.4. The van der Waals surface area contributed by atoms with Gasteiger partial charge in [-0.3, -0.25) is 30.3 Å². The van der Waals surface area contributed by atoms with Crippen molar-refractivity contribution < 1.29 is 14.3 Å². The van der Waals surface area contributed by atoms with Crippen LogP contribution in [-0.2, 0) is 17.8 Å².